The van der Waals surface area contributed by atoms with Gasteiger partial charge in [-0.25, -0.2) is 14.3 Å². The Kier molecular flexibility index (Phi) is 2.31. The summed E-state index contributed by atoms with van der Waals surface area (Å²) in [6, 6.07) is 3.70. The van der Waals surface area contributed by atoms with Gasteiger partial charge in [-0.3, -0.25) is 0 Å². The third-order valence-electron chi connectivity index (χ3n) is 1.73. The summed E-state index contributed by atoms with van der Waals surface area (Å²) in [6.07, 6.45) is 5.81. The molecule has 14 heavy (non-hydrogen) atoms. The van der Waals surface area contributed by atoms with Gasteiger partial charge in [0.25, 0.3) is 0 Å². The van der Waals surface area contributed by atoms with Crippen molar-refractivity contribution in [2.24, 2.45) is 0 Å². The molecular weight excluding hydrogens is 182 g/mol. The Morgan fingerprint density at radius 1 is 1.64 bits per heavy atom. The number of carbonyl (C=O) groups excluding carboxylic acids is 1. The maximum absolute atomic E-state index is 11.3. The SMILES string of the molecule is O=C(OCc1ccc[nH]1)n1ccnc1. The van der Waals surface area contributed by atoms with Gasteiger partial charge in [-0.05, 0) is 12.1 Å². The molecule has 0 aliphatic heterocycles. The predicted molar refractivity (Wildman–Crippen MR) is 48.6 cm³/mol. The van der Waals surface area contributed by atoms with Crippen molar-refractivity contribution in [1.82, 2.24) is 14.5 Å². The Bertz CT molecular complexity index is 392. The van der Waals surface area contributed by atoms with Crippen LogP contribution in [-0.4, -0.2) is 20.6 Å². The third kappa shape index (κ3) is 1.82. The van der Waals surface area contributed by atoms with E-state index in [9.17, 15) is 4.79 Å². The molecule has 72 valence electrons. The van der Waals surface area contributed by atoms with Crippen LogP contribution in [-0.2, 0) is 11.3 Å². The van der Waals surface area contributed by atoms with Crippen molar-refractivity contribution in [3.05, 3.63) is 42.7 Å². The van der Waals surface area contributed by atoms with Crippen molar-refractivity contribution in [2.75, 3.05) is 0 Å². The summed E-state index contributed by atoms with van der Waals surface area (Å²) in [4.78, 5) is 18.0. The van der Waals surface area contributed by atoms with Gasteiger partial charge in [0.1, 0.15) is 12.9 Å². The lowest BCUT2D eigenvalue weighted by Crippen LogP contribution is -2.11. The first-order valence-corrected chi connectivity index (χ1v) is 4.13. The minimum atomic E-state index is -0.433. The molecule has 0 fully saturated rings. The van der Waals surface area contributed by atoms with Crippen molar-refractivity contribution in [3.8, 4) is 0 Å². The first-order valence-electron chi connectivity index (χ1n) is 4.13. The van der Waals surface area contributed by atoms with Crippen LogP contribution in [0.2, 0.25) is 0 Å². The minimum absolute atomic E-state index is 0.240. The van der Waals surface area contributed by atoms with Crippen LogP contribution < -0.4 is 0 Å². The number of aromatic nitrogens is 3. The molecule has 0 amide bonds. The van der Waals surface area contributed by atoms with Gasteiger partial charge in [0.2, 0.25) is 0 Å². The molecule has 0 spiro atoms. The van der Waals surface area contributed by atoms with Crippen LogP contribution in [0.25, 0.3) is 0 Å². The second-order valence-corrected chi connectivity index (χ2v) is 2.72. The van der Waals surface area contributed by atoms with Gasteiger partial charge in [0.15, 0.2) is 0 Å². The average molecular weight is 191 g/mol. The molecule has 0 atom stereocenters. The van der Waals surface area contributed by atoms with Crippen molar-refractivity contribution < 1.29 is 9.53 Å². The highest BCUT2D eigenvalue weighted by atomic mass is 16.5. The number of nitrogens with zero attached hydrogens (tertiary/aromatic N) is 2. The van der Waals surface area contributed by atoms with E-state index < -0.39 is 6.09 Å². The zero-order valence-electron chi connectivity index (χ0n) is 7.38. The van der Waals surface area contributed by atoms with Gasteiger partial charge in [-0.1, -0.05) is 0 Å². The summed E-state index contributed by atoms with van der Waals surface area (Å²) in [7, 11) is 0. The number of ether oxygens (including phenoxy) is 1. The molecule has 2 heterocycles. The summed E-state index contributed by atoms with van der Waals surface area (Å²) >= 11 is 0. The fourth-order valence-corrected chi connectivity index (χ4v) is 1.04. The molecule has 0 saturated carbocycles. The standard InChI is InChI=1S/C9H9N3O2/c13-9(12-5-4-10-7-12)14-6-8-2-1-3-11-8/h1-5,7,11H,6H2. The van der Waals surface area contributed by atoms with Crippen LogP contribution >= 0.6 is 0 Å². The first kappa shape index (κ1) is 8.55. The van der Waals surface area contributed by atoms with Gasteiger partial charge in [0, 0.05) is 18.6 Å². The topological polar surface area (TPSA) is 59.9 Å². The molecule has 0 bridgehead atoms. The minimum Gasteiger partial charge on any atom is -0.442 e. The molecule has 5 heteroatoms. The van der Waals surface area contributed by atoms with E-state index in [-0.39, 0.29) is 6.61 Å². The molecule has 2 rings (SSSR count). The van der Waals surface area contributed by atoms with E-state index in [1.165, 1.54) is 23.3 Å². The van der Waals surface area contributed by atoms with Gasteiger partial charge >= 0.3 is 6.09 Å². The van der Waals surface area contributed by atoms with Crippen LogP contribution in [0.15, 0.2) is 37.1 Å². The lowest BCUT2D eigenvalue weighted by Gasteiger charge is -2.02. The molecule has 0 saturated heterocycles. The summed E-state index contributed by atoms with van der Waals surface area (Å²) in [5.41, 5.74) is 0.860. The van der Waals surface area contributed by atoms with Crippen molar-refractivity contribution >= 4 is 6.09 Å². The Balaban J connectivity index is 1.90. The number of nitrogens with one attached hydrogen (secondary N) is 1. The monoisotopic (exact) mass is 191 g/mol. The fourth-order valence-electron chi connectivity index (χ4n) is 1.04. The smallest absolute Gasteiger partial charge is 0.419 e. The Hall–Kier alpha value is -2.04. The Morgan fingerprint density at radius 2 is 2.57 bits per heavy atom. The number of rotatable bonds is 2. The van der Waals surface area contributed by atoms with Gasteiger partial charge < -0.3 is 9.72 Å². The number of imidazole rings is 1. The highest BCUT2D eigenvalue weighted by Gasteiger charge is 2.04. The molecule has 0 unspecified atom stereocenters. The maximum atomic E-state index is 11.3. The summed E-state index contributed by atoms with van der Waals surface area (Å²) in [6.45, 7) is 0.240. The van der Waals surface area contributed by atoms with Crippen LogP contribution in [0.5, 0.6) is 0 Å². The fraction of sp³-hybridized carbons (Fsp3) is 0.111. The van der Waals surface area contributed by atoms with Gasteiger partial charge in [0.05, 0.1) is 5.69 Å². The van der Waals surface area contributed by atoms with E-state index in [1.807, 2.05) is 12.1 Å². The molecule has 5 nitrogen and oxygen atoms in total. The van der Waals surface area contributed by atoms with Crippen molar-refractivity contribution in [3.63, 3.8) is 0 Å². The van der Waals surface area contributed by atoms with Crippen molar-refractivity contribution in [2.45, 2.75) is 6.61 Å². The molecular formula is C9H9N3O2. The highest BCUT2D eigenvalue weighted by Crippen LogP contribution is 1.99. The van der Waals surface area contributed by atoms with Crippen LogP contribution in [0.1, 0.15) is 5.69 Å². The molecule has 2 aromatic rings. The second kappa shape index (κ2) is 3.78. The molecule has 0 radical (unpaired) electrons. The molecule has 0 aliphatic carbocycles. The summed E-state index contributed by atoms with van der Waals surface area (Å²) in [5, 5.41) is 0. The van der Waals surface area contributed by atoms with E-state index in [1.54, 1.807) is 6.20 Å². The van der Waals surface area contributed by atoms with Gasteiger partial charge in [-0.15, -0.1) is 0 Å². The Labute approximate surface area is 80.3 Å². The lowest BCUT2D eigenvalue weighted by atomic mass is 10.5. The third-order valence-corrected chi connectivity index (χ3v) is 1.73. The van der Waals surface area contributed by atoms with Crippen molar-refractivity contribution in [1.29, 1.82) is 0 Å². The number of hydrogen-bond donors (Lipinski definition) is 1. The van der Waals surface area contributed by atoms with E-state index >= 15 is 0 Å². The Morgan fingerprint density at radius 3 is 3.21 bits per heavy atom. The summed E-state index contributed by atoms with van der Waals surface area (Å²) in [5.74, 6) is 0. The highest BCUT2D eigenvalue weighted by molar-refractivity contribution is 5.69. The number of H-pyrrole nitrogens is 1. The maximum Gasteiger partial charge on any atom is 0.419 e. The van der Waals surface area contributed by atoms with E-state index in [4.69, 9.17) is 4.74 Å². The largest absolute Gasteiger partial charge is 0.442 e. The van der Waals surface area contributed by atoms with Gasteiger partial charge in [-0.2, -0.15) is 0 Å². The number of aromatic amines is 1. The quantitative estimate of drug-likeness (QED) is 0.780. The van der Waals surface area contributed by atoms with Crippen LogP contribution in [0.4, 0.5) is 4.79 Å². The number of hydrogen-bond acceptors (Lipinski definition) is 3. The van der Waals surface area contributed by atoms with E-state index in [0.29, 0.717) is 0 Å². The van der Waals surface area contributed by atoms with E-state index in [2.05, 4.69) is 9.97 Å². The zero-order valence-corrected chi connectivity index (χ0v) is 7.38. The molecule has 2 aromatic heterocycles. The van der Waals surface area contributed by atoms with E-state index in [0.717, 1.165) is 5.69 Å². The van der Waals surface area contributed by atoms with Crippen LogP contribution in [0.3, 0.4) is 0 Å². The number of carbonyl (C=O) groups is 1. The average Bonchev–Trinajstić information content (AvgIpc) is 2.87. The molecule has 0 aromatic carbocycles. The summed E-state index contributed by atoms with van der Waals surface area (Å²) < 4.78 is 6.26. The predicted octanol–water partition coefficient (Wildman–Crippen LogP) is 1.40. The second-order valence-electron chi connectivity index (χ2n) is 2.72. The van der Waals surface area contributed by atoms with Crippen LogP contribution in [0, 0.1) is 0 Å². The molecule has 1 N–H and O–H groups in total. The lowest BCUT2D eigenvalue weighted by molar-refractivity contribution is 0.140. The molecule has 0 aliphatic rings. The normalized spacial score (nSPS) is 10.0. The zero-order chi connectivity index (χ0) is 9.80. The first-order chi connectivity index (χ1) is 6.86.